The van der Waals surface area contributed by atoms with Crippen LogP contribution in [0.1, 0.15) is 37.1 Å². The van der Waals surface area contributed by atoms with E-state index in [0.29, 0.717) is 0 Å². The highest BCUT2D eigenvalue weighted by molar-refractivity contribution is 5.18. The van der Waals surface area contributed by atoms with E-state index in [1.807, 2.05) is 29.1 Å². The van der Waals surface area contributed by atoms with Crippen LogP contribution in [0.15, 0.2) is 36.5 Å². The Hall–Kier alpha value is -1.68. The number of benzene rings is 1. The number of nitrogens with zero attached hydrogens (tertiary/aromatic N) is 3. The zero-order chi connectivity index (χ0) is 12.8. The number of aromatic nitrogens is 3. The lowest BCUT2D eigenvalue weighted by atomic mass is 10.1. The molecular formula is C14H20N4. The van der Waals surface area contributed by atoms with E-state index in [9.17, 15) is 0 Å². The molecule has 1 atom stereocenters. The summed E-state index contributed by atoms with van der Waals surface area (Å²) in [4.78, 5) is 0. The molecule has 0 saturated heterocycles. The monoisotopic (exact) mass is 244 g/mol. The minimum Gasteiger partial charge on any atom is -0.330 e. The van der Waals surface area contributed by atoms with Crippen LogP contribution in [0, 0.1) is 0 Å². The summed E-state index contributed by atoms with van der Waals surface area (Å²) in [6, 6.07) is 10.6. The smallest absolute Gasteiger partial charge is 0.0827 e. The Bertz CT molecular complexity index is 464. The summed E-state index contributed by atoms with van der Waals surface area (Å²) in [6.07, 6.45) is 5.11. The minimum absolute atomic E-state index is 0.224. The molecule has 96 valence electrons. The van der Waals surface area contributed by atoms with Gasteiger partial charge >= 0.3 is 0 Å². The Balaban J connectivity index is 2.01. The lowest BCUT2D eigenvalue weighted by Gasteiger charge is -2.10. The highest BCUT2D eigenvalue weighted by Crippen LogP contribution is 2.16. The molecule has 1 aromatic heterocycles. The summed E-state index contributed by atoms with van der Waals surface area (Å²) in [7, 11) is 0. The quantitative estimate of drug-likeness (QED) is 0.792. The average molecular weight is 244 g/mol. The minimum atomic E-state index is 0.224. The summed E-state index contributed by atoms with van der Waals surface area (Å²) in [6.45, 7) is 2.88. The van der Waals surface area contributed by atoms with Crippen LogP contribution < -0.4 is 5.73 Å². The van der Waals surface area contributed by atoms with E-state index in [2.05, 4.69) is 29.4 Å². The van der Waals surface area contributed by atoms with Gasteiger partial charge in [-0.2, -0.15) is 0 Å². The number of hydrogen-bond donors (Lipinski definition) is 1. The second-order valence-corrected chi connectivity index (χ2v) is 4.52. The Kier molecular flexibility index (Phi) is 4.47. The van der Waals surface area contributed by atoms with Gasteiger partial charge in [0.05, 0.1) is 11.7 Å². The number of unbranched alkanes of at least 4 members (excludes halogenated alkanes) is 1. The number of hydrogen-bond acceptors (Lipinski definition) is 3. The summed E-state index contributed by atoms with van der Waals surface area (Å²) < 4.78 is 1.92. The maximum atomic E-state index is 5.48. The lowest BCUT2D eigenvalue weighted by molar-refractivity contribution is 0.543. The standard InChI is InChI=1S/C14H20N4/c1-12(13-7-3-2-4-8-13)18-11-14(16-17-18)9-5-6-10-15/h2-4,7-8,11-12H,5-6,9-10,15H2,1H3. The molecule has 0 aliphatic carbocycles. The lowest BCUT2D eigenvalue weighted by Crippen LogP contribution is -2.07. The van der Waals surface area contributed by atoms with Crippen molar-refractivity contribution in [1.29, 1.82) is 0 Å². The number of aryl methyl sites for hydroxylation is 1. The fourth-order valence-corrected chi connectivity index (χ4v) is 1.95. The first-order valence-corrected chi connectivity index (χ1v) is 6.47. The molecule has 4 nitrogen and oxygen atoms in total. The van der Waals surface area contributed by atoms with Crippen molar-refractivity contribution >= 4 is 0 Å². The molecule has 0 amide bonds. The van der Waals surface area contributed by atoms with Crippen LogP contribution in [0.5, 0.6) is 0 Å². The van der Waals surface area contributed by atoms with E-state index in [-0.39, 0.29) is 6.04 Å². The molecule has 0 bridgehead atoms. The maximum absolute atomic E-state index is 5.48. The van der Waals surface area contributed by atoms with Crippen LogP contribution in [-0.2, 0) is 6.42 Å². The van der Waals surface area contributed by atoms with Crippen molar-refractivity contribution in [2.45, 2.75) is 32.2 Å². The van der Waals surface area contributed by atoms with Crippen LogP contribution in [0.2, 0.25) is 0 Å². The van der Waals surface area contributed by atoms with E-state index in [1.165, 1.54) is 5.56 Å². The topological polar surface area (TPSA) is 56.7 Å². The molecule has 2 N–H and O–H groups in total. The van der Waals surface area contributed by atoms with E-state index in [1.54, 1.807) is 0 Å². The van der Waals surface area contributed by atoms with E-state index >= 15 is 0 Å². The molecular weight excluding hydrogens is 224 g/mol. The zero-order valence-corrected chi connectivity index (χ0v) is 10.8. The summed E-state index contributed by atoms with van der Waals surface area (Å²) in [5.41, 5.74) is 7.77. The molecule has 18 heavy (non-hydrogen) atoms. The third-order valence-electron chi connectivity index (χ3n) is 3.12. The molecule has 1 heterocycles. The molecule has 1 aromatic carbocycles. The van der Waals surface area contributed by atoms with Crippen molar-refractivity contribution in [2.24, 2.45) is 5.73 Å². The molecule has 0 saturated carbocycles. The Morgan fingerprint density at radius 1 is 1.22 bits per heavy atom. The van der Waals surface area contributed by atoms with Crippen molar-refractivity contribution in [3.8, 4) is 0 Å². The number of rotatable bonds is 6. The van der Waals surface area contributed by atoms with Gasteiger partial charge in [0.1, 0.15) is 0 Å². The van der Waals surface area contributed by atoms with E-state index in [4.69, 9.17) is 5.73 Å². The molecule has 4 heteroatoms. The SMILES string of the molecule is CC(c1ccccc1)n1cc(CCCCN)nn1. The van der Waals surface area contributed by atoms with Crippen LogP contribution in [0.4, 0.5) is 0 Å². The Labute approximate surface area is 108 Å². The van der Waals surface area contributed by atoms with Crippen molar-refractivity contribution in [3.05, 3.63) is 47.8 Å². The van der Waals surface area contributed by atoms with Gasteiger partial charge in [0.25, 0.3) is 0 Å². The molecule has 0 aliphatic rings. The first kappa shape index (κ1) is 12.8. The van der Waals surface area contributed by atoms with Gasteiger partial charge in [-0.25, -0.2) is 4.68 Å². The first-order chi connectivity index (χ1) is 8.81. The Morgan fingerprint density at radius 3 is 2.72 bits per heavy atom. The highest BCUT2D eigenvalue weighted by atomic mass is 15.4. The van der Waals surface area contributed by atoms with Crippen LogP contribution in [-0.4, -0.2) is 21.5 Å². The van der Waals surface area contributed by atoms with Gasteiger partial charge in [0.15, 0.2) is 0 Å². The molecule has 0 fully saturated rings. The second-order valence-electron chi connectivity index (χ2n) is 4.52. The van der Waals surface area contributed by atoms with Crippen molar-refractivity contribution in [1.82, 2.24) is 15.0 Å². The predicted octanol–water partition coefficient (Wildman–Crippen LogP) is 2.17. The van der Waals surface area contributed by atoms with E-state index < -0.39 is 0 Å². The molecule has 0 aliphatic heterocycles. The zero-order valence-electron chi connectivity index (χ0n) is 10.8. The molecule has 2 rings (SSSR count). The van der Waals surface area contributed by atoms with Gasteiger partial charge in [0, 0.05) is 6.20 Å². The van der Waals surface area contributed by atoms with Crippen molar-refractivity contribution in [3.63, 3.8) is 0 Å². The van der Waals surface area contributed by atoms with Gasteiger partial charge in [-0.15, -0.1) is 5.10 Å². The van der Waals surface area contributed by atoms with Crippen molar-refractivity contribution < 1.29 is 0 Å². The van der Waals surface area contributed by atoms with Gasteiger partial charge in [-0.3, -0.25) is 0 Å². The fourth-order valence-electron chi connectivity index (χ4n) is 1.95. The van der Waals surface area contributed by atoms with Gasteiger partial charge in [-0.1, -0.05) is 35.5 Å². The van der Waals surface area contributed by atoms with Gasteiger partial charge in [-0.05, 0) is 38.3 Å². The molecule has 1 unspecified atom stereocenters. The van der Waals surface area contributed by atoms with Crippen molar-refractivity contribution in [2.75, 3.05) is 6.54 Å². The largest absolute Gasteiger partial charge is 0.330 e. The third kappa shape index (κ3) is 3.17. The molecule has 0 spiro atoms. The summed E-state index contributed by atoms with van der Waals surface area (Å²) in [5, 5.41) is 8.41. The maximum Gasteiger partial charge on any atom is 0.0827 e. The third-order valence-corrected chi connectivity index (χ3v) is 3.12. The summed E-state index contributed by atoms with van der Waals surface area (Å²) >= 11 is 0. The molecule has 2 aromatic rings. The second kappa shape index (κ2) is 6.31. The first-order valence-electron chi connectivity index (χ1n) is 6.47. The van der Waals surface area contributed by atoms with Crippen LogP contribution in [0.3, 0.4) is 0 Å². The van der Waals surface area contributed by atoms with E-state index in [0.717, 1.165) is 31.5 Å². The number of nitrogens with two attached hydrogens (primary N) is 1. The van der Waals surface area contributed by atoms with Gasteiger partial charge in [0.2, 0.25) is 0 Å². The van der Waals surface area contributed by atoms with Crippen LogP contribution >= 0.6 is 0 Å². The molecule has 0 radical (unpaired) electrons. The highest BCUT2D eigenvalue weighted by Gasteiger charge is 2.09. The summed E-state index contributed by atoms with van der Waals surface area (Å²) in [5.74, 6) is 0. The normalized spacial score (nSPS) is 12.6. The fraction of sp³-hybridized carbons (Fsp3) is 0.429. The van der Waals surface area contributed by atoms with Crippen LogP contribution in [0.25, 0.3) is 0 Å². The Morgan fingerprint density at radius 2 is 2.00 bits per heavy atom. The predicted molar refractivity (Wildman–Crippen MR) is 72.3 cm³/mol. The van der Waals surface area contributed by atoms with Gasteiger partial charge < -0.3 is 5.73 Å². The average Bonchev–Trinajstić information content (AvgIpc) is 2.88.